The first-order chi connectivity index (χ1) is 10.1. The van der Waals surface area contributed by atoms with Crippen LogP contribution < -0.4 is 10.2 Å². The number of nitro benzene ring substituents is 1. The molecule has 1 saturated heterocycles. The molecule has 1 aliphatic heterocycles. The number of benzene rings is 1. The summed E-state index contributed by atoms with van der Waals surface area (Å²) < 4.78 is 4.78. The first-order valence-electron chi connectivity index (χ1n) is 6.88. The molecule has 1 N–H and O–H groups in total. The number of non-ortho nitro benzene ring substituents is 1. The maximum Gasteiger partial charge on any atom is 0.271 e. The number of nitrogens with zero attached hydrogens (tertiary/aromatic N) is 2. The molecule has 1 fully saturated rings. The van der Waals surface area contributed by atoms with Crippen LogP contribution in [0.15, 0.2) is 24.3 Å². The lowest BCUT2D eigenvalue weighted by atomic mass is 10.0. The highest BCUT2D eigenvalue weighted by Gasteiger charge is 2.21. The summed E-state index contributed by atoms with van der Waals surface area (Å²) in [5, 5.41) is 13.7. The molecule has 0 bridgehead atoms. The third kappa shape index (κ3) is 4.16. The van der Waals surface area contributed by atoms with Crippen LogP contribution in [0.4, 0.5) is 11.4 Å². The first kappa shape index (κ1) is 15.2. The van der Waals surface area contributed by atoms with Gasteiger partial charge in [0.1, 0.15) is 6.61 Å². The van der Waals surface area contributed by atoms with Gasteiger partial charge in [0.15, 0.2) is 0 Å². The van der Waals surface area contributed by atoms with Gasteiger partial charge < -0.3 is 15.0 Å². The number of carbonyl (C=O) groups excluding carboxylic acids is 1. The van der Waals surface area contributed by atoms with Crippen molar-refractivity contribution >= 4 is 17.3 Å². The van der Waals surface area contributed by atoms with E-state index in [4.69, 9.17) is 4.74 Å². The minimum atomic E-state index is -0.388. The van der Waals surface area contributed by atoms with Gasteiger partial charge in [-0.2, -0.15) is 0 Å². The summed E-state index contributed by atoms with van der Waals surface area (Å²) >= 11 is 0. The van der Waals surface area contributed by atoms with Crippen LogP contribution in [0.25, 0.3) is 0 Å². The Kier molecular flexibility index (Phi) is 5.10. The predicted molar refractivity (Wildman–Crippen MR) is 78.4 cm³/mol. The Labute approximate surface area is 123 Å². The van der Waals surface area contributed by atoms with Crippen LogP contribution in [0.2, 0.25) is 0 Å². The topological polar surface area (TPSA) is 84.7 Å². The lowest BCUT2D eigenvalue weighted by Gasteiger charge is -2.33. The largest absolute Gasteiger partial charge is 0.375 e. The average molecular weight is 293 g/mol. The summed E-state index contributed by atoms with van der Waals surface area (Å²) in [7, 11) is 1.49. The number of ether oxygens (including phenoxy) is 1. The Bertz CT molecular complexity index is 513. The molecule has 0 unspecified atom stereocenters. The molecule has 7 nitrogen and oxygen atoms in total. The van der Waals surface area contributed by atoms with Crippen molar-refractivity contribution in [2.24, 2.45) is 0 Å². The highest BCUT2D eigenvalue weighted by molar-refractivity contribution is 5.77. The first-order valence-corrected chi connectivity index (χ1v) is 6.88. The minimum Gasteiger partial charge on any atom is -0.375 e. The second kappa shape index (κ2) is 7.03. The maximum absolute atomic E-state index is 11.5. The van der Waals surface area contributed by atoms with Gasteiger partial charge >= 0.3 is 0 Å². The molecule has 0 atom stereocenters. The van der Waals surface area contributed by atoms with Crippen molar-refractivity contribution in [1.29, 1.82) is 0 Å². The van der Waals surface area contributed by atoms with Crippen LogP contribution in [-0.2, 0) is 9.53 Å². The molecule has 114 valence electrons. The fourth-order valence-corrected chi connectivity index (χ4v) is 2.49. The standard InChI is InChI=1S/C14H19N3O4/c1-21-10-14(18)15-11-5-7-16(8-6-11)12-3-2-4-13(9-12)17(19)20/h2-4,9,11H,5-8,10H2,1H3,(H,15,18). The molecular weight excluding hydrogens is 274 g/mol. The van der Waals surface area contributed by atoms with Crippen molar-refractivity contribution in [3.05, 3.63) is 34.4 Å². The van der Waals surface area contributed by atoms with Gasteiger partial charge in [-0.3, -0.25) is 14.9 Å². The van der Waals surface area contributed by atoms with E-state index in [9.17, 15) is 14.9 Å². The highest BCUT2D eigenvalue weighted by Crippen LogP contribution is 2.24. The molecule has 1 aromatic rings. The molecule has 7 heteroatoms. The van der Waals surface area contributed by atoms with Gasteiger partial charge in [-0.1, -0.05) is 6.07 Å². The Hall–Kier alpha value is -2.15. The van der Waals surface area contributed by atoms with E-state index in [0.29, 0.717) is 0 Å². The molecule has 0 radical (unpaired) electrons. The molecule has 0 spiro atoms. The Morgan fingerprint density at radius 3 is 2.81 bits per heavy atom. The van der Waals surface area contributed by atoms with Gasteiger partial charge in [-0.05, 0) is 18.9 Å². The zero-order chi connectivity index (χ0) is 15.2. The van der Waals surface area contributed by atoms with Crippen LogP contribution in [0, 0.1) is 10.1 Å². The molecule has 1 amide bonds. The zero-order valence-electron chi connectivity index (χ0n) is 11.9. The van der Waals surface area contributed by atoms with E-state index >= 15 is 0 Å². The maximum atomic E-state index is 11.5. The number of rotatable bonds is 5. The van der Waals surface area contributed by atoms with Gasteiger partial charge in [0.2, 0.25) is 5.91 Å². The number of piperidine rings is 1. The number of anilines is 1. The number of nitro groups is 1. The number of amides is 1. The van der Waals surface area contributed by atoms with Crippen molar-refractivity contribution < 1.29 is 14.5 Å². The van der Waals surface area contributed by atoms with E-state index in [0.717, 1.165) is 31.6 Å². The molecule has 1 heterocycles. The van der Waals surface area contributed by atoms with E-state index in [1.807, 2.05) is 6.07 Å². The van der Waals surface area contributed by atoms with Gasteiger partial charge in [-0.15, -0.1) is 0 Å². The molecule has 0 aromatic heterocycles. The Balaban J connectivity index is 1.90. The Morgan fingerprint density at radius 2 is 2.19 bits per heavy atom. The van der Waals surface area contributed by atoms with Crippen LogP contribution >= 0.6 is 0 Å². The molecule has 2 rings (SSSR count). The van der Waals surface area contributed by atoms with E-state index in [1.165, 1.54) is 13.2 Å². The van der Waals surface area contributed by atoms with Gasteiger partial charge in [0.25, 0.3) is 5.69 Å². The van der Waals surface area contributed by atoms with E-state index in [1.54, 1.807) is 12.1 Å². The van der Waals surface area contributed by atoms with E-state index in [-0.39, 0.29) is 29.2 Å². The zero-order valence-corrected chi connectivity index (χ0v) is 11.9. The van der Waals surface area contributed by atoms with Crippen molar-refractivity contribution in [1.82, 2.24) is 5.32 Å². The minimum absolute atomic E-state index is 0.0745. The number of carbonyl (C=O) groups is 1. The number of methoxy groups -OCH3 is 1. The molecule has 1 aromatic carbocycles. The van der Waals surface area contributed by atoms with Crippen molar-refractivity contribution in [3.63, 3.8) is 0 Å². The number of hydrogen-bond acceptors (Lipinski definition) is 5. The van der Waals surface area contributed by atoms with Gasteiger partial charge in [0, 0.05) is 44.1 Å². The quantitative estimate of drug-likeness (QED) is 0.654. The predicted octanol–water partition coefficient (Wildman–Crippen LogP) is 1.33. The normalized spacial score (nSPS) is 15.8. The van der Waals surface area contributed by atoms with E-state index in [2.05, 4.69) is 10.2 Å². The summed E-state index contributed by atoms with van der Waals surface area (Å²) in [6.45, 7) is 1.60. The van der Waals surface area contributed by atoms with Crippen molar-refractivity contribution in [2.45, 2.75) is 18.9 Å². The third-order valence-corrected chi connectivity index (χ3v) is 3.54. The molecular formula is C14H19N3O4. The fraction of sp³-hybridized carbons (Fsp3) is 0.500. The van der Waals surface area contributed by atoms with Gasteiger partial charge in [0.05, 0.1) is 4.92 Å². The summed E-state index contributed by atoms with van der Waals surface area (Å²) in [6, 6.07) is 6.78. The molecule has 0 saturated carbocycles. The Morgan fingerprint density at radius 1 is 1.48 bits per heavy atom. The summed E-state index contributed by atoms with van der Waals surface area (Å²) in [6.07, 6.45) is 1.64. The summed E-state index contributed by atoms with van der Waals surface area (Å²) in [4.78, 5) is 24.0. The lowest BCUT2D eigenvalue weighted by Crippen LogP contribution is -2.45. The van der Waals surface area contributed by atoms with Gasteiger partial charge in [-0.25, -0.2) is 0 Å². The van der Waals surface area contributed by atoms with Crippen LogP contribution in [-0.4, -0.2) is 43.7 Å². The molecule has 21 heavy (non-hydrogen) atoms. The lowest BCUT2D eigenvalue weighted by molar-refractivity contribution is -0.384. The smallest absolute Gasteiger partial charge is 0.271 e. The number of hydrogen-bond donors (Lipinski definition) is 1. The number of nitrogens with one attached hydrogen (secondary N) is 1. The summed E-state index contributed by atoms with van der Waals surface area (Å²) in [5.74, 6) is -0.105. The fourth-order valence-electron chi connectivity index (χ4n) is 2.49. The van der Waals surface area contributed by atoms with E-state index < -0.39 is 0 Å². The SMILES string of the molecule is COCC(=O)NC1CCN(c2cccc([N+](=O)[O-])c2)CC1. The van der Waals surface area contributed by atoms with Crippen molar-refractivity contribution in [2.75, 3.05) is 31.7 Å². The molecule has 0 aliphatic carbocycles. The molecule has 1 aliphatic rings. The summed E-state index contributed by atoms with van der Waals surface area (Å²) in [5.41, 5.74) is 0.953. The highest BCUT2D eigenvalue weighted by atomic mass is 16.6. The van der Waals surface area contributed by atoms with Crippen LogP contribution in [0.5, 0.6) is 0 Å². The second-order valence-electron chi connectivity index (χ2n) is 5.04. The van der Waals surface area contributed by atoms with Crippen LogP contribution in [0.1, 0.15) is 12.8 Å². The second-order valence-corrected chi connectivity index (χ2v) is 5.04. The average Bonchev–Trinajstić information content (AvgIpc) is 2.48. The van der Waals surface area contributed by atoms with Crippen LogP contribution in [0.3, 0.4) is 0 Å². The van der Waals surface area contributed by atoms with Crippen molar-refractivity contribution in [3.8, 4) is 0 Å². The monoisotopic (exact) mass is 293 g/mol. The third-order valence-electron chi connectivity index (χ3n) is 3.54.